The molecule has 2 aromatic rings. The summed E-state index contributed by atoms with van der Waals surface area (Å²) in [6.07, 6.45) is 0.979. The van der Waals surface area contributed by atoms with Gasteiger partial charge >= 0.3 is 0 Å². The Morgan fingerprint density at radius 3 is 2.50 bits per heavy atom. The van der Waals surface area contributed by atoms with E-state index in [1.54, 1.807) is 12.1 Å². The number of aryl methyl sites for hydroxylation is 2. The fourth-order valence-corrected chi connectivity index (χ4v) is 2.68. The summed E-state index contributed by atoms with van der Waals surface area (Å²) in [5.74, 6) is -0.170. The molecule has 0 radical (unpaired) electrons. The quantitative estimate of drug-likeness (QED) is 0.850. The molecule has 0 aliphatic carbocycles. The third kappa shape index (κ3) is 3.26. The van der Waals surface area contributed by atoms with Crippen LogP contribution in [0.25, 0.3) is 0 Å². The summed E-state index contributed by atoms with van der Waals surface area (Å²) < 4.78 is 13.7. The van der Waals surface area contributed by atoms with Crippen molar-refractivity contribution in [1.82, 2.24) is 5.32 Å². The molecule has 20 heavy (non-hydrogen) atoms. The summed E-state index contributed by atoms with van der Waals surface area (Å²) in [7, 11) is 0. The Balaban J connectivity index is 2.50. The summed E-state index contributed by atoms with van der Waals surface area (Å²) in [6, 6.07) is 13.7. The molecule has 0 saturated heterocycles. The second-order valence-corrected chi connectivity index (χ2v) is 5.10. The average molecular weight is 271 g/mol. The first-order valence-corrected chi connectivity index (χ1v) is 7.24. The van der Waals surface area contributed by atoms with Crippen LogP contribution in [0.4, 0.5) is 4.39 Å². The van der Waals surface area contributed by atoms with Gasteiger partial charge < -0.3 is 5.32 Å². The van der Waals surface area contributed by atoms with Crippen molar-refractivity contribution in [3.8, 4) is 0 Å². The largest absolute Gasteiger partial charge is 0.307 e. The van der Waals surface area contributed by atoms with Crippen LogP contribution >= 0.6 is 0 Å². The SMILES string of the molecule is CCNC(c1cc(C)cc(F)c1)c1ccccc1CC. The highest BCUT2D eigenvalue weighted by Gasteiger charge is 2.16. The number of benzene rings is 2. The van der Waals surface area contributed by atoms with Crippen molar-refractivity contribution >= 4 is 0 Å². The van der Waals surface area contributed by atoms with Gasteiger partial charge in [0.1, 0.15) is 5.82 Å². The summed E-state index contributed by atoms with van der Waals surface area (Å²) in [5.41, 5.74) is 4.49. The van der Waals surface area contributed by atoms with E-state index in [0.717, 1.165) is 24.1 Å². The monoisotopic (exact) mass is 271 g/mol. The molecule has 0 saturated carbocycles. The Kier molecular flexibility index (Phi) is 4.91. The molecule has 0 heterocycles. The van der Waals surface area contributed by atoms with Crippen molar-refractivity contribution in [2.45, 2.75) is 33.2 Å². The van der Waals surface area contributed by atoms with Crippen LogP contribution in [0.2, 0.25) is 0 Å². The van der Waals surface area contributed by atoms with Crippen molar-refractivity contribution in [2.24, 2.45) is 0 Å². The molecular formula is C18H22FN. The smallest absolute Gasteiger partial charge is 0.123 e. The van der Waals surface area contributed by atoms with E-state index in [-0.39, 0.29) is 11.9 Å². The lowest BCUT2D eigenvalue weighted by Gasteiger charge is -2.22. The Hall–Kier alpha value is -1.67. The second kappa shape index (κ2) is 6.67. The molecule has 2 heteroatoms. The normalized spacial score (nSPS) is 12.4. The third-order valence-electron chi connectivity index (χ3n) is 3.55. The molecular weight excluding hydrogens is 249 g/mol. The molecule has 0 fully saturated rings. The maximum absolute atomic E-state index is 13.7. The van der Waals surface area contributed by atoms with Crippen LogP contribution in [0.3, 0.4) is 0 Å². The number of nitrogens with one attached hydrogen (secondary N) is 1. The molecule has 1 atom stereocenters. The van der Waals surface area contributed by atoms with Crippen LogP contribution in [0, 0.1) is 12.7 Å². The standard InChI is InChI=1S/C18H22FN/c1-4-14-8-6-7-9-17(14)18(20-5-2)15-10-13(3)11-16(19)12-15/h6-12,18,20H,4-5H2,1-3H3. The van der Waals surface area contributed by atoms with Gasteiger partial charge in [-0.25, -0.2) is 4.39 Å². The van der Waals surface area contributed by atoms with E-state index >= 15 is 0 Å². The minimum absolute atomic E-state index is 0.0468. The summed E-state index contributed by atoms with van der Waals surface area (Å²) in [4.78, 5) is 0. The van der Waals surface area contributed by atoms with Gasteiger partial charge in [-0.2, -0.15) is 0 Å². The van der Waals surface area contributed by atoms with E-state index in [0.29, 0.717) is 0 Å². The highest BCUT2D eigenvalue weighted by molar-refractivity contribution is 5.39. The zero-order valence-electron chi connectivity index (χ0n) is 12.4. The van der Waals surface area contributed by atoms with Crippen LogP contribution in [-0.4, -0.2) is 6.54 Å². The van der Waals surface area contributed by atoms with Crippen LogP contribution < -0.4 is 5.32 Å². The minimum Gasteiger partial charge on any atom is -0.307 e. The molecule has 0 bridgehead atoms. The predicted octanol–water partition coefficient (Wildman–Crippen LogP) is 4.40. The second-order valence-electron chi connectivity index (χ2n) is 5.10. The first-order chi connectivity index (χ1) is 9.65. The van der Waals surface area contributed by atoms with Crippen molar-refractivity contribution in [1.29, 1.82) is 0 Å². The van der Waals surface area contributed by atoms with Crippen molar-refractivity contribution in [3.05, 3.63) is 70.5 Å². The van der Waals surface area contributed by atoms with Crippen LogP contribution in [0.1, 0.15) is 42.1 Å². The summed E-state index contributed by atoms with van der Waals surface area (Å²) in [6.45, 7) is 7.01. The van der Waals surface area contributed by atoms with Gasteiger partial charge in [0.05, 0.1) is 6.04 Å². The van der Waals surface area contributed by atoms with Gasteiger partial charge in [-0.1, -0.05) is 44.2 Å². The van der Waals surface area contributed by atoms with Gasteiger partial charge in [0.15, 0.2) is 0 Å². The highest BCUT2D eigenvalue weighted by Crippen LogP contribution is 2.26. The van der Waals surface area contributed by atoms with Gasteiger partial charge in [0.2, 0.25) is 0 Å². The topological polar surface area (TPSA) is 12.0 Å². The van der Waals surface area contributed by atoms with E-state index in [2.05, 4.69) is 43.4 Å². The van der Waals surface area contributed by atoms with E-state index < -0.39 is 0 Å². The molecule has 2 aromatic carbocycles. The van der Waals surface area contributed by atoms with Crippen LogP contribution in [0.5, 0.6) is 0 Å². The highest BCUT2D eigenvalue weighted by atomic mass is 19.1. The Morgan fingerprint density at radius 2 is 1.85 bits per heavy atom. The average Bonchev–Trinajstić information content (AvgIpc) is 2.43. The molecule has 1 unspecified atom stereocenters. The third-order valence-corrected chi connectivity index (χ3v) is 3.55. The summed E-state index contributed by atoms with van der Waals surface area (Å²) >= 11 is 0. The molecule has 1 nitrogen and oxygen atoms in total. The van der Waals surface area contributed by atoms with Crippen LogP contribution in [0.15, 0.2) is 42.5 Å². The summed E-state index contributed by atoms with van der Waals surface area (Å²) in [5, 5.41) is 3.48. The molecule has 0 aliphatic rings. The molecule has 2 rings (SSSR count). The minimum atomic E-state index is -0.170. The maximum atomic E-state index is 13.7. The zero-order chi connectivity index (χ0) is 14.5. The number of halogens is 1. The molecule has 0 aliphatic heterocycles. The van der Waals surface area contributed by atoms with Crippen molar-refractivity contribution in [3.63, 3.8) is 0 Å². The molecule has 0 aromatic heterocycles. The van der Waals surface area contributed by atoms with Gasteiger partial charge in [0.25, 0.3) is 0 Å². The lowest BCUT2D eigenvalue weighted by atomic mass is 9.92. The lowest BCUT2D eigenvalue weighted by molar-refractivity contribution is 0.599. The van der Waals surface area contributed by atoms with Gasteiger partial charge in [0, 0.05) is 0 Å². The van der Waals surface area contributed by atoms with E-state index in [1.165, 1.54) is 11.1 Å². The number of rotatable bonds is 5. The predicted molar refractivity (Wildman–Crippen MR) is 82.5 cm³/mol. The lowest BCUT2D eigenvalue weighted by Crippen LogP contribution is -2.23. The van der Waals surface area contributed by atoms with Gasteiger partial charge in [-0.05, 0) is 54.3 Å². The molecule has 0 amide bonds. The Labute approximate surface area is 120 Å². The van der Waals surface area contributed by atoms with E-state index in [9.17, 15) is 4.39 Å². The van der Waals surface area contributed by atoms with E-state index in [1.807, 2.05) is 13.0 Å². The van der Waals surface area contributed by atoms with Crippen LogP contribution in [-0.2, 0) is 6.42 Å². The van der Waals surface area contributed by atoms with Gasteiger partial charge in [-0.3, -0.25) is 0 Å². The van der Waals surface area contributed by atoms with E-state index in [4.69, 9.17) is 0 Å². The molecule has 0 spiro atoms. The zero-order valence-corrected chi connectivity index (χ0v) is 12.4. The fourth-order valence-electron chi connectivity index (χ4n) is 2.68. The van der Waals surface area contributed by atoms with Crippen molar-refractivity contribution < 1.29 is 4.39 Å². The maximum Gasteiger partial charge on any atom is 0.123 e. The van der Waals surface area contributed by atoms with Gasteiger partial charge in [-0.15, -0.1) is 0 Å². The Morgan fingerprint density at radius 1 is 1.10 bits per heavy atom. The molecule has 1 N–H and O–H groups in total. The fraction of sp³-hybridized carbons (Fsp3) is 0.333. The molecule has 106 valence electrons. The first kappa shape index (κ1) is 14.7. The number of hydrogen-bond acceptors (Lipinski definition) is 1. The van der Waals surface area contributed by atoms with Crippen molar-refractivity contribution in [2.75, 3.05) is 6.54 Å². The first-order valence-electron chi connectivity index (χ1n) is 7.24. The Bertz CT molecular complexity index is 557. The number of hydrogen-bond donors (Lipinski definition) is 1.